The Morgan fingerprint density at radius 3 is 2.21 bits per heavy atom. The Balaban J connectivity index is 1.93. The van der Waals surface area contributed by atoms with Crippen molar-refractivity contribution in [1.29, 1.82) is 0 Å². The van der Waals surface area contributed by atoms with Crippen molar-refractivity contribution < 1.29 is 9.59 Å². The Hall–Kier alpha value is -1.06. The van der Waals surface area contributed by atoms with Crippen LogP contribution in [-0.2, 0) is 9.59 Å². The molecule has 2 saturated carbocycles. The van der Waals surface area contributed by atoms with E-state index in [9.17, 15) is 9.59 Å². The molecule has 138 valence electrons. The number of carbonyl (C=O) groups is 2. The zero-order valence-corrected chi connectivity index (χ0v) is 15.9. The maximum atomic E-state index is 12.8. The monoisotopic (exact) mass is 336 g/mol. The van der Waals surface area contributed by atoms with E-state index in [1.54, 1.807) is 0 Å². The normalized spacial score (nSPS) is 30.0. The summed E-state index contributed by atoms with van der Waals surface area (Å²) in [4.78, 5) is 25.3. The van der Waals surface area contributed by atoms with Gasteiger partial charge in [-0.05, 0) is 37.0 Å². The summed E-state index contributed by atoms with van der Waals surface area (Å²) in [5.41, 5.74) is 0. The van der Waals surface area contributed by atoms with Crippen LogP contribution in [0, 0.1) is 23.7 Å². The summed E-state index contributed by atoms with van der Waals surface area (Å²) < 4.78 is 0. The number of rotatable bonds is 5. The van der Waals surface area contributed by atoms with Crippen molar-refractivity contribution in [1.82, 2.24) is 10.6 Å². The van der Waals surface area contributed by atoms with Crippen LogP contribution in [-0.4, -0.2) is 23.9 Å². The number of carbonyl (C=O) groups excluding carboxylic acids is 2. The lowest BCUT2D eigenvalue weighted by atomic mass is 9.78. The molecule has 2 aliphatic rings. The number of hydrogen-bond donors (Lipinski definition) is 2. The molecule has 0 heterocycles. The van der Waals surface area contributed by atoms with Crippen molar-refractivity contribution >= 4 is 11.8 Å². The van der Waals surface area contributed by atoms with Crippen molar-refractivity contribution in [3.05, 3.63) is 0 Å². The van der Waals surface area contributed by atoms with Crippen LogP contribution in [0.25, 0.3) is 0 Å². The molecule has 2 fully saturated rings. The predicted octanol–water partition coefficient (Wildman–Crippen LogP) is 3.65. The van der Waals surface area contributed by atoms with Gasteiger partial charge in [0.25, 0.3) is 0 Å². The van der Waals surface area contributed by atoms with Crippen LogP contribution in [0.5, 0.6) is 0 Å². The fourth-order valence-corrected chi connectivity index (χ4v) is 4.23. The minimum Gasteiger partial charge on any atom is -0.351 e. The smallest absolute Gasteiger partial charge is 0.243 e. The zero-order chi connectivity index (χ0) is 17.7. The lowest BCUT2D eigenvalue weighted by Crippen LogP contribution is -2.55. The van der Waals surface area contributed by atoms with E-state index in [1.165, 1.54) is 19.3 Å². The average Bonchev–Trinajstić information content (AvgIpc) is 2.57. The fraction of sp³-hybridized carbons (Fsp3) is 0.900. The van der Waals surface area contributed by atoms with Crippen molar-refractivity contribution in [3.63, 3.8) is 0 Å². The fourth-order valence-electron chi connectivity index (χ4n) is 4.23. The molecule has 0 aromatic carbocycles. The summed E-state index contributed by atoms with van der Waals surface area (Å²) in [5, 5.41) is 6.29. The predicted molar refractivity (Wildman–Crippen MR) is 97.5 cm³/mol. The molecule has 24 heavy (non-hydrogen) atoms. The summed E-state index contributed by atoms with van der Waals surface area (Å²) in [6.07, 6.45) is 8.91. The summed E-state index contributed by atoms with van der Waals surface area (Å²) in [5.74, 6) is 1.44. The van der Waals surface area contributed by atoms with Crippen LogP contribution < -0.4 is 10.6 Å². The molecule has 2 rings (SSSR count). The first-order valence-corrected chi connectivity index (χ1v) is 10.0. The molecule has 2 aliphatic carbocycles. The molecule has 4 atom stereocenters. The third-order valence-corrected chi connectivity index (χ3v) is 6.26. The summed E-state index contributed by atoms with van der Waals surface area (Å²) in [6, 6.07) is -0.169. The Kier molecular flexibility index (Phi) is 7.12. The molecule has 0 aromatic heterocycles. The van der Waals surface area contributed by atoms with Gasteiger partial charge in [-0.25, -0.2) is 0 Å². The van der Waals surface area contributed by atoms with Gasteiger partial charge in [-0.15, -0.1) is 0 Å². The maximum Gasteiger partial charge on any atom is 0.243 e. The third-order valence-electron chi connectivity index (χ3n) is 6.26. The van der Waals surface area contributed by atoms with Gasteiger partial charge in [0.05, 0.1) is 0 Å². The van der Waals surface area contributed by atoms with E-state index in [-0.39, 0.29) is 29.7 Å². The van der Waals surface area contributed by atoms with E-state index in [2.05, 4.69) is 24.5 Å². The van der Waals surface area contributed by atoms with Crippen molar-refractivity contribution in [3.8, 4) is 0 Å². The lowest BCUT2D eigenvalue weighted by Gasteiger charge is -2.36. The molecule has 4 heteroatoms. The van der Waals surface area contributed by atoms with Crippen LogP contribution in [0.3, 0.4) is 0 Å². The highest BCUT2D eigenvalue weighted by Gasteiger charge is 2.33. The highest BCUT2D eigenvalue weighted by atomic mass is 16.2. The molecule has 0 radical (unpaired) electrons. The minimum absolute atomic E-state index is 0.000101. The zero-order valence-electron chi connectivity index (χ0n) is 15.9. The SMILES string of the molecule is CC(C)[C@@H](NC(=O)C1CCCCC1)C(=O)N[C@H]1CCC[C@@H](C)[C@H]1C. The molecule has 0 unspecified atom stereocenters. The second kappa shape index (κ2) is 8.87. The minimum atomic E-state index is -0.413. The molecule has 0 bridgehead atoms. The third kappa shape index (κ3) is 4.97. The van der Waals surface area contributed by atoms with Gasteiger partial charge in [0, 0.05) is 12.0 Å². The molecular formula is C20H36N2O2. The molecule has 0 spiro atoms. The van der Waals surface area contributed by atoms with Gasteiger partial charge in [0.15, 0.2) is 0 Å². The van der Waals surface area contributed by atoms with Crippen LogP contribution >= 0.6 is 0 Å². The molecule has 2 N–H and O–H groups in total. The largest absolute Gasteiger partial charge is 0.351 e. The highest BCUT2D eigenvalue weighted by Crippen LogP contribution is 2.29. The van der Waals surface area contributed by atoms with E-state index in [4.69, 9.17) is 0 Å². The topological polar surface area (TPSA) is 58.2 Å². The van der Waals surface area contributed by atoms with Crippen LogP contribution in [0.15, 0.2) is 0 Å². The van der Waals surface area contributed by atoms with Gasteiger partial charge >= 0.3 is 0 Å². The lowest BCUT2D eigenvalue weighted by molar-refractivity contribution is -0.133. The van der Waals surface area contributed by atoms with Crippen molar-refractivity contribution in [2.45, 2.75) is 91.1 Å². The first-order chi connectivity index (χ1) is 11.4. The molecule has 0 aliphatic heterocycles. The molecule has 2 amide bonds. The maximum absolute atomic E-state index is 12.8. The summed E-state index contributed by atoms with van der Waals surface area (Å²) in [6.45, 7) is 8.53. The van der Waals surface area contributed by atoms with Crippen molar-refractivity contribution in [2.24, 2.45) is 23.7 Å². The van der Waals surface area contributed by atoms with Gasteiger partial charge < -0.3 is 10.6 Å². The van der Waals surface area contributed by atoms with Crippen molar-refractivity contribution in [2.75, 3.05) is 0 Å². The molecule has 0 saturated heterocycles. The number of nitrogens with one attached hydrogen (secondary N) is 2. The van der Waals surface area contributed by atoms with Crippen LogP contribution in [0.1, 0.15) is 79.1 Å². The second-order valence-electron chi connectivity index (χ2n) is 8.45. The van der Waals surface area contributed by atoms with Crippen LogP contribution in [0.2, 0.25) is 0 Å². The first-order valence-electron chi connectivity index (χ1n) is 10.0. The molecular weight excluding hydrogens is 300 g/mol. The van der Waals surface area contributed by atoms with E-state index >= 15 is 0 Å². The van der Waals surface area contributed by atoms with Crippen LogP contribution in [0.4, 0.5) is 0 Å². The molecule has 0 aromatic rings. The highest BCUT2D eigenvalue weighted by molar-refractivity contribution is 5.88. The van der Waals surface area contributed by atoms with E-state index < -0.39 is 6.04 Å². The summed E-state index contributed by atoms with van der Waals surface area (Å²) >= 11 is 0. The standard InChI is InChI=1S/C20H36N2O2/c1-13(2)18(22-19(23)16-10-6-5-7-11-16)20(24)21-17-12-8-9-14(3)15(17)4/h13-18H,5-12H2,1-4H3,(H,21,24)(H,22,23)/t14-,15-,17+,18-/m1/s1. The van der Waals surface area contributed by atoms with E-state index in [0.29, 0.717) is 11.8 Å². The Morgan fingerprint density at radius 2 is 1.58 bits per heavy atom. The van der Waals surface area contributed by atoms with Gasteiger partial charge in [0.1, 0.15) is 6.04 Å². The summed E-state index contributed by atoms with van der Waals surface area (Å²) in [7, 11) is 0. The van der Waals surface area contributed by atoms with Gasteiger partial charge in [-0.1, -0.05) is 59.8 Å². The Morgan fingerprint density at radius 1 is 0.917 bits per heavy atom. The Bertz CT molecular complexity index is 429. The van der Waals surface area contributed by atoms with E-state index in [1.807, 2.05) is 13.8 Å². The van der Waals surface area contributed by atoms with Gasteiger partial charge in [0.2, 0.25) is 11.8 Å². The number of hydrogen-bond acceptors (Lipinski definition) is 2. The molecule has 4 nitrogen and oxygen atoms in total. The second-order valence-corrected chi connectivity index (χ2v) is 8.45. The van der Waals surface area contributed by atoms with Gasteiger partial charge in [-0.2, -0.15) is 0 Å². The first kappa shape index (κ1) is 19.3. The average molecular weight is 337 g/mol. The quantitative estimate of drug-likeness (QED) is 0.805. The van der Waals surface area contributed by atoms with Gasteiger partial charge in [-0.3, -0.25) is 9.59 Å². The number of amides is 2. The Labute approximate surface area is 147 Å². The van der Waals surface area contributed by atoms with E-state index in [0.717, 1.165) is 32.1 Å².